The van der Waals surface area contributed by atoms with E-state index in [4.69, 9.17) is 19.4 Å². The molecule has 0 heterocycles. The van der Waals surface area contributed by atoms with Crippen LogP contribution in [0.2, 0.25) is 0 Å². The van der Waals surface area contributed by atoms with Crippen LogP contribution in [0.3, 0.4) is 0 Å². The molecule has 1 atom stereocenters. The summed E-state index contributed by atoms with van der Waals surface area (Å²) in [6, 6.07) is 75.6. The normalized spacial score (nSPS) is 10.2. The second kappa shape index (κ2) is 25.9. The van der Waals surface area contributed by atoms with Crippen LogP contribution >= 0.6 is 44.5 Å². The van der Waals surface area contributed by atoms with E-state index in [-0.39, 0.29) is 15.1 Å². The van der Waals surface area contributed by atoms with Gasteiger partial charge in [-0.3, -0.25) is 0 Å². The van der Waals surface area contributed by atoms with Crippen molar-refractivity contribution in [1.82, 2.24) is 0 Å². The van der Waals surface area contributed by atoms with Gasteiger partial charge >= 0.3 is 34.5 Å². The fourth-order valence-electron chi connectivity index (χ4n) is 5.78. The first kappa shape index (κ1) is 41.8. The summed E-state index contributed by atoms with van der Waals surface area (Å²) >= 11 is -0.346. The minimum absolute atomic E-state index is 0.346. The second-order valence-corrected chi connectivity index (χ2v) is 20.2. The van der Waals surface area contributed by atoms with Crippen molar-refractivity contribution in [3.05, 3.63) is 218 Å². The topological polar surface area (TPSA) is 0 Å². The van der Waals surface area contributed by atoms with E-state index >= 15 is 0 Å². The van der Waals surface area contributed by atoms with Gasteiger partial charge in [0.25, 0.3) is 0 Å². The Kier molecular flexibility index (Phi) is 20.8. The predicted octanol–water partition coefficient (Wildman–Crippen LogP) is 10.6. The summed E-state index contributed by atoms with van der Waals surface area (Å²) in [5.74, 6) is 0. The molecule has 0 N–H and O–H groups in total. The van der Waals surface area contributed by atoms with Crippen molar-refractivity contribution in [1.29, 1.82) is 0 Å². The van der Waals surface area contributed by atoms with Crippen LogP contribution in [0.4, 0.5) is 0 Å². The molecule has 6 heteroatoms. The van der Waals surface area contributed by atoms with Gasteiger partial charge in [-0.25, -0.2) is 0 Å². The van der Waals surface area contributed by atoms with Crippen molar-refractivity contribution in [3.8, 4) is 0 Å². The van der Waals surface area contributed by atoms with E-state index in [2.05, 4.69) is 191 Å². The van der Waals surface area contributed by atoms with Crippen LogP contribution in [0.15, 0.2) is 212 Å². The van der Waals surface area contributed by atoms with Gasteiger partial charge in [0, 0.05) is 0 Å². The van der Waals surface area contributed by atoms with E-state index in [1.165, 1.54) is 62.8 Å². The van der Waals surface area contributed by atoms with Crippen molar-refractivity contribution in [2.24, 2.45) is 0 Å². The molecule has 0 saturated carbocycles. The van der Waals surface area contributed by atoms with E-state index in [0.717, 1.165) is 0 Å². The fourth-order valence-corrected chi connectivity index (χ4v) is 11.3. The monoisotopic (exact) mass is 864 g/mol. The first-order chi connectivity index (χ1) is 25.7. The average Bonchev–Trinajstić information content (AvgIpc) is 3.21. The van der Waals surface area contributed by atoms with Crippen LogP contribution in [0.1, 0.15) is 18.4 Å². The van der Waals surface area contributed by atoms with Gasteiger partial charge in [0.05, 0.1) is 32.6 Å². The number of benzene rings is 7. The molecular weight excluding hydrogens is 817 g/mol. The Bertz CT molecular complexity index is 1740. The summed E-state index contributed by atoms with van der Waals surface area (Å²) in [6.45, 7) is 0. The maximum atomic E-state index is 4.85. The van der Waals surface area contributed by atoms with Crippen LogP contribution in [0.5, 0.6) is 0 Å². The van der Waals surface area contributed by atoms with Crippen molar-refractivity contribution < 1.29 is 15.1 Å². The first-order valence-corrected chi connectivity index (χ1v) is 25.6. The molecule has 266 valence electrons. The Morgan fingerprint density at radius 3 is 0.981 bits per heavy atom. The zero-order valence-corrected chi connectivity index (χ0v) is 35.6. The second-order valence-electron chi connectivity index (χ2n) is 11.8. The molecule has 0 fully saturated rings. The number of hydrogen-bond donors (Lipinski definition) is 0. The van der Waals surface area contributed by atoms with Gasteiger partial charge in [-0.2, -0.15) is 0 Å². The summed E-state index contributed by atoms with van der Waals surface area (Å²) in [5.41, 5.74) is 1.46. The van der Waals surface area contributed by atoms with Crippen LogP contribution in [0, 0.1) is 0 Å². The van der Waals surface area contributed by atoms with Crippen LogP contribution < -0.4 is 31.8 Å². The molecular formula is C46H47Cl2P3Ru+2. The molecule has 1 unspecified atom stereocenters. The van der Waals surface area contributed by atoms with Gasteiger partial charge < -0.3 is 0 Å². The quantitative estimate of drug-likeness (QED) is 0.0730. The van der Waals surface area contributed by atoms with Crippen LogP contribution in [-0.4, -0.2) is 6.16 Å². The van der Waals surface area contributed by atoms with Gasteiger partial charge in [0.2, 0.25) is 0 Å². The third-order valence-corrected chi connectivity index (χ3v) is 14.2. The summed E-state index contributed by atoms with van der Waals surface area (Å²) in [4.78, 5) is 0. The molecule has 0 nitrogen and oxygen atoms in total. The van der Waals surface area contributed by atoms with Crippen molar-refractivity contribution in [2.45, 2.75) is 19.3 Å². The number of hydrogen-bond acceptors (Lipinski definition) is 0. The number of aryl methyl sites for hydroxylation is 1. The molecule has 7 aromatic carbocycles. The minimum atomic E-state index is -0.877. The Balaban J connectivity index is 0.000000186. The Hall–Kier alpha value is -2.97. The Labute approximate surface area is 332 Å². The first-order valence-electron chi connectivity index (χ1n) is 17.4. The molecule has 0 saturated heterocycles. The molecule has 0 aliphatic heterocycles. The molecule has 0 aromatic heterocycles. The number of halogens is 2. The van der Waals surface area contributed by atoms with Gasteiger partial charge in [-0.15, -0.1) is 9.24 Å². The summed E-state index contributed by atoms with van der Waals surface area (Å²) in [7, 11) is 10.8. The molecule has 0 bridgehead atoms. The largest absolute Gasteiger partial charge is 0.102 e. The van der Waals surface area contributed by atoms with E-state index in [1.54, 1.807) is 0 Å². The van der Waals surface area contributed by atoms with Crippen molar-refractivity contribution in [3.63, 3.8) is 0 Å². The van der Waals surface area contributed by atoms with Crippen LogP contribution in [0.25, 0.3) is 0 Å². The summed E-state index contributed by atoms with van der Waals surface area (Å²) in [6.07, 6.45) is 5.08. The molecule has 0 radical (unpaired) electrons. The van der Waals surface area contributed by atoms with Gasteiger partial charge in [-0.1, -0.05) is 152 Å². The maximum absolute atomic E-state index is 4.85. The van der Waals surface area contributed by atoms with E-state index in [0.29, 0.717) is 0 Å². The maximum Gasteiger partial charge on any atom is 0.102 e. The molecule has 7 rings (SSSR count). The van der Waals surface area contributed by atoms with Gasteiger partial charge in [-0.05, 0) is 90.8 Å². The van der Waals surface area contributed by atoms with Crippen molar-refractivity contribution >= 4 is 76.3 Å². The SMILES string of the molecule is Pc1ccccc1.[Cl][Ru][Cl].c1ccc(CCCC[PH+](c2ccccc2)c2ccccc2)cc1.c1ccc([PH+](c2ccccc2)c2ccccc2)cc1. The smallest absolute Gasteiger partial charge is 0.0622 e. The van der Waals surface area contributed by atoms with Crippen molar-refractivity contribution in [2.75, 3.05) is 6.16 Å². The number of rotatable bonds is 10. The third kappa shape index (κ3) is 15.6. The van der Waals surface area contributed by atoms with E-state index in [1.807, 2.05) is 30.3 Å². The molecule has 0 aliphatic carbocycles. The predicted molar refractivity (Wildman–Crippen MR) is 239 cm³/mol. The molecule has 7 aromatic rings. The zero-order chi connectivity index (χ0) is 36.5. The summed E-state index contributed by atoms with van der Waals surface area (Å²) in [5, 5.41) is 8.61. The summed E-state index contributed by atoms with van der Waals surface area (Å²) < 4.78 is 0. The molecule has 0 amide bonds. The zero-order valence-electron chi connectivity index (χ0n) is 29.2. The average molecular weight is 865 g/mol. The molecule has 0 spiro atoms. The standard InChI is InChI=1S/C22H23P.C18H15P.C6H7P.2ClH.Ru/c1-4-12-20(13-5-1)14-10-11-19-23(21-15-6-2-7-16-21)22-17-8-3-9-18-22;1-4-10-16(11-5-1)19(17-12-6-2-7-13-17)18-14-8-3-9-15-18;7-6-4-2-1-3-5-6;;;/h1-9,12-13,15-18H,10-11,14,19H2;1-15H;1-5H,7H2;2*1H;/q;;;;;+2. The van der Waals surface area contributed by atoms with Gasteiger partial charge in [0.1, 0.15) is 15.9 Å². The Morgan fingerprint density at radius 1 is 0.385 bits per heavy atom. The third-order valence-electron chi connectivity index (χ3n) is 8.22. The Morgan fingerprint density at radius 2 is 0.673 bits per heavy atom. The minimum Gasteiger partial charge on any atom is -0.0622 e. The number of unbranched alkanes of at least 4 members (excludes halogenated alkanes) is 1. The molecule has 0 aliphatic rings. The van der Waals surface area contributed by atoms with E-state index < -0.39 is 15.8 Å². The molecule has 52 heavy (non-hydrogen) atoms. The van der Waals surface area contributed by atoms with Crippen LogP contribution in [-0.2, 0) is 21.6 Å². The fraction of sp³-hybridized carbons (Fsp3) is 0.0870. The van der Waals surface area contributed by atoms with E-state index in [9.17, 15) is 0 Å². The van der Waals surface area contributed by atoms with Gasteiger partial charge in [0.15, 0.2) is 0 Å².